The van der Waals surface area contributed by atoms with Crippen LogP contribution in [0.5, 0.6) is 0 Å². The summed E-state index contributed by atoms with van der Waals surface area (Å²) in [6, 6.07) is 109. The van der Waals surface area contributed by atoms with Gasteiger partial charge in [-0.1, -0.05) is 206 Å². The van der Waals surface area contributed by atoms with Crippen molar-refractivity contribution in [2.45, 2.75) is 114 Å². The van der Waals surface area contributed by atoms with E-state index in [9.17, 15) is 20.1 Å². The number of carbonyl (C=O) groups is 2. The minimum atomic E-state index is -1.42. The van der Waals surface area contributed by atoms with Crippen molar-refractivity contribution in [2.75, 3.05) is 0 Å². The number of carbonyl (C=O) groups excluding carboxylic acids is 2. The van der Waals surface area contributed by atoms with Gasteiger partial charge in [-0.25, -0.2) is 15.0 Å². The van der Waals surface area contributed by atoms with Gasteiger partial charge in [-0.2, -0.15) is 41.5 Å². The van der Waals surface area contributed by atoms with Crippen LogP contribution in [-0.4, -0.2) is 97.3 Å². The molecule has 2 atom stereocenters. The van der Waals surface area contributed by atoms with Crippen LogP contribution < -0.4 is 0 Å². The molecule has 0 aliphatic rings. The predicted molar refractivity (Wildman–Crippen MR) is 550 cm³/mol. The summed E-state index contributed by atoms with van der Waals surface area (Å²) < 4.78 is 13.0. The Morgan fingerprint density at radius 2 is 0.558 bits per heavy atom. The molecule has 0 amide bonds. The molecule has 680 valence electrons. The van der Waals surface area contributed by atoms with Crippen molar-refractivity contribution >= 4 is 68.3 Å². The second-order valence-corrected chi connectivity index (χ2v) is 36.0. The van der Waals surface area contributed by atoms with Crippen LogP contribution in [0, 0.1) is 45.3 Å². The Morgan fingerprint density at radius 3 is 0.819 bits per heavy atom. The number of hydrogen-bond acceptors (Lipinski definition) is 27. The molecule has 0 fully saturated rings. The molecule has 2 unspecified atom stereocenters. The lowest BCUT2D eigenvalue weighted by Gasteiger charge is -2.19. The van der Waals surface area contributed by atoms with E-state index in [0.717, 1.165) is 138 Å². The average molecular weight is 1890 g/mol. The SMILES string of the molecule is CC(C#N)(CCC(=O)OCc1ccc(-c2cc(-c3ccccn3)nc(-c3ccccn3)c2)cc1)N=NC(C)(C#N)CCC(=O)OCc1ccc(-c2cc(-c3ccccn3)nc(-c3ccccn3)c2)cc1.CC(C)(C#N)N=NC(C)(C)C#N.S=C(SCc1ccc(-c2cc(-c3ccccn3)nc(-c3ccccn3)c2)cc1)c1ccccc1.S=C(SCc1ccc(-c2ccccn2)nc1)c1ccccc1. The molecule has 0 bridgehead atoms. The Kier molecular flexibility index (Phi) is 35.3. The topological polar surface area (TPSA) is 339 Å². The number of thiocarbonyl (C=S) groups is 2. The van der Waals surface area contributed by atoms with Gasteiger partial charge in [0.2, 0.25) is 0 Å². The van der Waals surface area contributed by atoms with E-state index in [2.05, 4.69) is 127 Å². The molecule has 23 nitrogen and oxygen atoms in total. The molecule has 0 spiro atoms. The van der Waals surface area contributed by atoms with Gasteiger partial charge in [0.05, 0.1) is 112 Å². The summed E-state index contributed by atoms with van der Waals surface area (Å²) in [6.45, 7) is 9.69. The van der Waals surface area contributed by atoms with Crippen LogP contribution in [-0.2, 0) is 43.8 Å². The number of aromatic nitrogens is 11. The highest BCUT2D eigenvalue weighted by Crippen LogP contribution is 2.36. The number of rotatable bonds is 30. The Labute approximate surface area is 821 Å². The molecule has 11 aromatic heterocycles. The maximum absolute atomic E-state index is 12.9. The lowest BCUT2D eigenvalue weighted by atomic mass is 9.97. The van der Waals surface area contributed by atoms with Crippen molar-refractivity contribution < 1.29 is 19.1 Å². The largest absolute Gasteiger partial charge is 0.461 e. The van der Waals surface area contributed by atoms with Crippen LogP contribution in [0.1, 0.15) is 101 Å². The van der Waals surface area contributed by atoms with Crippen LogP contribution in [0.2, 0.25) is 0 Å². The fourth-order valence-electron chi connectivity index (χ4n) is 13.1. The van der Waals surface area contributed by atoms with Crippen molar-refractivity contribution in [3.05, 3.63) is 392 Å². The highest BCUT2D eigenvalue weighted by molar-refractivity contribution is 8.23. The first-order chi connectivity index (χ1) is 67.0. The predicted octanol–water partition coefficient (Wildman–Crippen LogP) is 25.7. The van der Waals surface area contributed by atoms with E-state index < -0.39 is 34.1 Å². The van der Waals surface area contributed by atoms with Gasteiger partial charge in [0.25, 0.3) is 0 Å². The lowest BCUT2D eigenvalue weighted by molar-refractivity contribution is -0.146. The van der Waals surface area contributed by atoms with Crippen molar-refractivity contribution in [3.8, 4) is 137 Å². The van der Waals surface area contributed by atoms with E-state index in [1.54, 1.807) is 94.6 Å². The van der Waals surface area contributed by atoms with E-state index in [1.807, 2.05) is 273 Å². The van der Waals surface area contributed by atoms with E-state index >= 15 is 0 Å². The number of hydrogen-bond donors (Lipinski definition) is 0. The van der Waals surface area contributed by atoms with Crippen molar-refractivity contribution in [1.29, 1.82) is 21.0 Å². The number of pyridine rings is 11. The Balaban J connectivity index is 0.000000192. The highest BCUT2D eigenvalue weighted by atomic mass is 32.2. The second-order valence-electron chi connectivity index (χ2n) is 32.7. The summed E-state index contributed by atoms with van der Waals surface area (Å²) >= 11 is 14.4. The number of nitriles is 4. The first kappa shape index (κ1) is 99.2. The summed E-state index contributed by atoms with van der Waals surface area (Å²) in [5.74, 6) is 0.626. The van der Waals surface area contributed by atoms with E-state index in [4.69, 9.17) is 59.4 Å². The number of benzene rings is 5. The van der Waals surface area contributed by atoms with Gasteiger partial charge in [0.15, 0.2) is 22.2 Å². The molecule has 0 saturated carbocycles. The first-order valence-electron chi connectivity index (χ1n) is 44.0. The zero-order valence-corrected chi connectivity index (χ0v) is 79.7. The van der Waals surface area contributed by atoms with E-state index in [-0.39, 0.29) is 38.9 Å². The molecule has 16 aromatic rings. The summed E-state index contributed by atoms with van der Waals surface area (Å²) in [5.41, 5.74) is 18.4. The molecule has 0 N–H and O–H groups in total. The summed E-state index contributed by atoms with van der Waals surface area (Å²) in [6.07, 6.45) is 14.0. The fraction of sp³-hybridized carbons (Fsp3) is 0.162. The molecule has 16 rings (SSSR count). The van der Waals surface area contributed by atoms with Crippen LogP contribution in [0.15, 0.2) is 379 Å². The molecule has 5 aromatic carbocycles. The third kappa shape index (κ3) is 29.9. The first-order valence-corrected chi connectivity index (χ1v) is 46.8. The monoisotopic (exact) mass is 1880 g/mol. The molecule has 0 aliphatic heterocycles. The van der Waals surface area contributed by atoms with Crippen LogP contribution >= 0.6 is 48.0 Å². The van der Waals surface area contributed by atoms with Gasteiger partial charge >= 0.3 is 11.9 Å². The number of azo groups is 2. The Morgan fingerprint density at radius 1 is 0.297 bits per heavy atom. The minimum absolute atomic E-state index is 0.00428. The highest BCUT2D eigenvalue weighted by Gasteiger charge is 2.31. The molecule has 0 radical (unpaired) electrons. The Hall–Kier alpha value is -16.3. The standard InChI is InChI=1S/C56H46N10O4.C29H21N3S2.C18H14N2S2.C8H12N4/c1-55(37-57,25-23-53(67)69-35-39-15-19-41(20-16-39)43-31-49(45-11-3-7-27-59-45)63-50(32-43)46-12-4-8-28-60-46)65-66-56(2,38-58)26-24-54(68)70-36-40-17-21-42(22-18-40)44-33-51(47-13-5-9-29-61-47)64-52(34-44)48-14-6-10-30-62-48;33-29(23-8-2-1-3-9-23)34-20-21-12-14-22(15-13-21)24-18-27(25-10-4-6-16-30-25)32-28(19-24)26-11-5-7-17-31-26;21-18(15-6-2-1-3-7-15)22-13-14-9-10-17(20-12-14)16-8-4-5-11-19-16;1-7(2,5-9)11-12-8(3,4)6-10/h3-22,27-34H,23-26,35-36H2,1-2H3;1-19H,20H2;1-12H,13H2;1-4H3. The second kappa shape index (κ2) is 49.1. The lowest BCUT2D eigenvalue weighted by Crippen LogP contribution is -2.25. The maximum atomic E-state index is 12.9. The smallest absolute Gasteiger partial charge is 0.306 e. The van der Waals surface area contributed by atoms with Gasteiger partial charge in [0, 0.05) is 73.9 Å². The summed E-state index contributed by atoms with van der Waals surface area (Å²) in [5, 5.41) is 53.1. The minimum Gasteiger partial charge on any atom is -0.461 e. The number of nitrogens with zero attached hydrogens (tertiary/aromatic N) is 19. The third-order valence-electron chi connectivity index (χ3n) is 20.9. The maximum Gasteiger partial charge on any atom is 0.306 e. The quantitative estimate of drug-likeness (QED) is 0.0229. The van der Waals surface area contributed by atoms with Crippen molar-refractivity contribution in [3.63, 3.8) is 0 Å². The molecule has 27 heteroatoms. The van der Waals surface area contributed by atoms with Gasteiger partial charge < -0.3 is 9.47 Å². The third-order valence-corrected chi connectivity index (χ3v) is 24.0. The van der Waals surface area contributed by atoms with Crippen molar-refractivity contribution in [1.82, 2.24) is 54.8 Å². The number of ether oxygens (including phenoxy) is 2. The zero-order chi connectivity index (χ0) is 97.0. The molecule has 0 aliphatic carbocycles. The van der Waals surface area contributed by atoms with E-state index in [0.29, 0.717) is 22.8 Å². The molecule has 11 heterocycles. The summed E-state index contributed by atoms with van der Waals surface area (Å²) in [4.78, 5) is 76.0. The van der Waals surface area contributed by atoms with Gasteiger partial charge in [-0.3, -0.25) is 49.5 Å². The molecular weight excluding hydrogens is 1790 g/mol. The fourth-order valence-corrected chi connectivity index (χ4v) is 15.3. The zero-order valence-electron chi connectivity index (χ0n) is 76.5. The molecule has 138 heavy (non-hydrogen) atoms. The summed E-state index contributed by atoms with van der Waals surface area (Å²) in [7, 11) is 0. The molecular formula is C111H93N19O4S4. The number of thioether (sulfide) groups is 2. The molecule has 0 saturated heterocycles. The Bertz CT molecular complexity index is 6600. The van der Waals surface area contributed by atoms with Gasteiger partial charge in [-0.05, 0) is 249 Å². The van der Waals surface area contributed by atoms with Gasteiger partial charge in [0.1, 0.15) is 13.2 Å². The van der Waals surface area contributed by atoms with Crippen LogP contribution in [0.25, 0.3) is 113 Å². The van der Waals surface area contributed by atoms with Crippen LogP contribution in [0.3, 0.4) is 0 Å². The van der Waals surface area contributed by atoms with E-state index in [1.165, 1.54) is 19.4 Å². The van der Waals surface area contributed by atoms with Crippen LogP contribution in [0.4, 0.5) is 0 Å². The normalized spacial score (nSPS) is 11.8. The number of esters is 2. The average Bonchev–Trinajstić information content (AvgIpc) is 0.807. The van der Waals surface area contributed by atoms with Gasteiger partial charge in [-0.15, -0.1) is 23.5 Å². The van der Waals surface area contributed by atoms with Crippen molar-refractivity contribution in [2.24, 2.45) is 20.5 Å².